The van der Waals surface area contributed by atoms with Crippen LogP contribution in [0.4, 0.5) is 5.69 Å². The molecule has 0 aliphatic heterocycles. The first-order valence-corrected chi connectivity index (χ1v) is 9.49. The molecule has 6 heteroatoms. The van der Waals surface area contributed by atoms with Crippen LogP contribution in [0.25, 0.3) is 5.69 Å². The zero-order valence-electron chi connectivity index (χ0n) is 13.5. The van der Waals surface area contributed by atoms with E-state index in [0.717, 1.165) is 17.8 Å². The molecule has 3 rings (SSSR count). The Morgan fingerprint density at radius 3 is 2.54 bits per heavy atom. The van der Waals surface area contributed by atoms with Crippen LogP contribution in [0.15, 0.2) is 67.0 Å². The van der Waals surface area contributed by atoms with Gasteiger partial charge in [0.25, 0.3) is 0 Å². The van der Waals surface area contributed by atoms with Crippen LogP contribution in [0.5, 0.6) is 0 Å². The van der Waals surface area contributed by atoms with Gasteiger partial charge in [-0.25, -0.2) is 13.4 Å². The van der Waals surface area contributed by atoms with E-state index >= 15 is 0 Å². The fourth-order valence-corrected chi connectivity index (χ4v) is 3.23. The lowest BCUT2D eigenvalue weighted by Crippen LogP contribution is -2.10. The van der Waals surface area contributed by atoms with Crippen LogP contribution in [0, 0.1) is 0 Å². The molecular weight excluding hydrogens is 322 g/mol. The second kappa shape index (κ2) is 6.49. The number of benzene rings is 2. The second-order valence-corrected chi connectivity index (χ2v) is 7.46. The van der Waals surface area contributed by atoms with Crippen LogP contribution in [-0.2, 0) is 10.0 Å². The maximum absolute atomic E-state index is 11.4. The van der Waals surface area contributed by atoms with Crippen LogP contribution in [0.3, 0.4) is 0 Å². The van der Waals surface area contributed by atoms with E-state index in [9.17, 15) is 8.42 Å². The van der Waals surface area contributed by atoms with Gasteiger partial charge >= 0.3 is 0 Å². The second-order valence-electron chi connectivity index (χ2n) is 5.71. The van der Waals surface area contributed by atoms with E-state index < -0.39 is 10.0 Å². The van der Waals surface area contributed by atoms with Crippen LogP contribution in [-0.4, -0.2) is 24.2 Å². The van der Waals surface area contributed by atoms with Crippen LogP contribution in [0.1, 0.15) is 24.2 Å². The molecule has 0 aliphatic carbocycles. The third kappa shape index (κ3) is 3.65. The highest BCUT2D eigenvalue weighted by atomic mass is 32.2. The van der Waals surface area contributed by atoms with Crippen LogP contribution < -0.4 is 4.72 Å². The zero-order chi connectivity index (χ0) is 17.2. The third-order valence-corrected chi connectivity index (χ3v) is 4.39. The molecular formula is C18H19N3O2S. The van der Waals surface area contributed by atoms with Crippen molar-refractivity contribution in [3.8, 4) is 5.69 Å². The summed E-state index contributed by atoms with van der Waals surface area (Å²) in [5, 5.41) is 0. The van der Waals surface area contributed by atoms with Crippen molar-refractivity contribution in [2.24, 2.45) is 0 Å². The third-order valence-electron chi connectivity index (χ3n) is 3.78. The Hall–Kier alpha value is -2.60. The van der Waals surface area contributed by atoms with Crippen LogP contribution in [0.2, 0.25) is 0 Å². The summed E-state index contributed by atoms with van der Waals surface area (Å²) in [6, 6.07) is 17.4. The standard InChI is InChI=1S/C18H19N3O2S/c1-14(15-7-4-3-5-8-15)18-19-11-12-21(18)17-10-6-9-16(13-17)20-24(2,22)23/h3-14,20H,1-2H3. The molecule has 0 saturated heterocycles. The van der Waals surface area contributed by atoms with Crippen molar-refractivity contribution in [3.63, 3.8) is 0 Å². The molecule has 1 atom stereocenters. The molecule has 1 aromatic heterocycles. The summed E-state index contributed by atoms with van der Waals surface area (Å²) in [7, 11) is -3.31. The van der Waals surface area contributed by atoms with Crippen molar-refractivity contribution in [2.75, 3.05) is 11.0 Å². The molecule has 24 heavy (non-hydrogen) atoms. The molecule has 1 unspecified atom stereocenters. The van der Waals surface area contributed by atoms with Gasteiger partial charge in [-0.1, -0.05) is 43.3 Å². The summed E-state index contributed by atoms with van der Waals surface area (Å²) in [6.07, 6.45) is 4.78. The van der Waals surface area contributed by atoms with Crippen molar-refractivity contribution in [1.29, 1.82) is 0 Å². The molecule has 3 aromatic rings. The normalized spacial score (nSPS) is 12.8. The van der Waals surface area contributed by atoms with E-state index in [0.29, 0.717) is 5.69 Å². The number of nitrogens with one attached hydrogen (secondary N) is 1. The highest BCUT2D eigenvalue weighted by Gasteiger charge is 2.15. The summed E-state index contributed by atoms with van der Waals surface area (Å²) in [4.78, 5) is 4.50. The topological polar surface area (TPSA) is 64.0 Å². The van der Waals surface area contributed by atoms with Gasteiger partial charge in [0, 0.05) is 24.0 Å². The van der Waals surface area contributed by atoms with Gasteiger partial charge in [-0.05, 0) is 23.8 Å². The average molecular weight is 341 g/mol. The Labute approximate surface area is 142 Å². The maximum atomic E-state index is 11.4. The molecule has 2 aromatic carbocycles. The summed E-state index contributed by atoms with van der Waals surface area (Å²) < 4.78 is 27.3. The molecule has 0 saturated carbocycles. The van der Waals surface area contributed by atoms with Gasteiger partial charge in [0.15, 0.2) is 0 Å². The highest BCUT2D eigenvalue weighted by Crippen LogP contribution is 2.26. The van der Waals surface area contributed by atoms with E-state index in [2.05, 4.69) is 28.8 Å². The summed E-state index contributed by atoms with van der Waals surface area (Å²) in [6.45, 7) is 2.10. The van der Waals surface area contributed by atoms with Gasteiger partial charge in [0.05, 0.1) is 11.9 Å². The van der Waals surface area contributed by atoms with Crippen molar-refractivity contribution in [2.45, 2.75) is 12.8 Å². The predicted octanol–water partition coefficient (Wildman–Crippen LogP) is 3.40. The Morgan fingerprint density at radius 2 is 1.83 bits per heavy atom. The molecule has 0 aliphatic rings. The number of nitrogens with zero attached hydrogens (tertiary/aromatic N) is 2. The predicted molar refractivity (Wildman–Crippen MR) is 96.0 cm³/mol. The van der Waals surface area contributed by atoms with Crippen molar-refractivity contribution < 1.29 is 8.42 Å². The Balaban J connectivity index is 1.97. The van der Waals surface area contributed by atoms with Gasteiger partial charge in [0.1, 0.15) is 5.82 Å². The van der Waals surface area contributed by atoms with Gasteiger partial charge in [-0.3, -0.25) is 4.72 Å². The Bertz CT molecular complexity index is 934. The smallest absolute Gasteiger partial charge is 0.229 e. The van der Waals surface area contributed by atoms with Gasteiger partial charge in [-0.2, -0.15) is 0 Å². The number of sulfonamides is 1. The van der Waals surface area contributed by atoms with Gasteiger partial charge in [0.2, 0.25) is 10.0 Å². The van der Waals surface area contributed by atoms with E-state index in [1.807, 2.05) is 41.1 Å². The monoisotopic (exact) mass is 341 g/mol. The van der Waals surface area contributed by atoms with Gasteiger partial charge < -0.3 is 4.57 Å². The highest BCUT2D eigenvalue weighted by molar-refractivity contribution is 7.92. The lowest BCUT2D eigenvalue weighted by Gasteiger charge is -2.15. The number of rotatable bonds is 5. The molecule has 1 N–H and O–H groups in total. The molecule has 5 nitrogen and oxygen atoms in total. The first-order chi connectivity index (χ1) is 11.4. The van der Waals surface area contributed by atoms with E-state index in [4.69, 9.17) is 0 Å². The van der Waals surface area contributed by atoms with E-state index in [1.165, 1.54) is 5.56 Å². The molecule has 0 fully saturated rings. The minimum atomic E-state index is -3.31. The quantitative estimate of drug-likeness (QED) is 0.773. The van der Waals surface area contributed by atoms with Crippen molar-refractivity contribution >= 4 is 15.7 Å². The fourth-order valence-electron chi connectivity index (χ4n) is 2.68. The summed E-state index contributed by atoms with van der Waals surface area (Å²) in [5.74, 6) is 1.02. The Morgan fingerprint density at radius 1 is 1.08 bits per heavy atom. The minimum Gasteiger partial charge on any atom is -0.303 e. The lowest BCUT2D eigenvalue weighted by atomic mass is 10.0. The number of aromatic nitrogens is 2. The molecule has 124 valence electrons. The van der Waals surface area contributed by atoms with Crippen LogP contribution >= 0.6 is 0 Å². The zero-order valence-corrected chi connectivity index (χ0v) is 14.4. The molecule has 1 heterocycles. The summed E-state index contributed by atoms with van der Waals surface area (Å²) >= 11 is 0. The SMILES string of the molecule is CC(c1ccccc1)c1nccn1-c1cccc(NS(C)(=O)=O)c1. The van der Waals surface area contributed by atoms with Crippen molar-refractivity contribution in [3.05, 3.63) is 78.4 Å². The molecule has 0 radical (unpaired) electrons. The van der Waals surface area contributed by atoms with E-state index in [1.54, 1.807) is 18.3 Å². The number of anilines is 1. The summed E-state index contributed by atoms with van der Waals surface area (Å²) in [5.41, 5.74) is 2.57. The maximum Gasteiger partial charge on any atom is 0.229 e. The van der Waals surface area contributed by atoms with Gasteiger partial charge in [-0.15, -0.1) is 0 Å². The first kappa shape index (κ1) is 16.3. The molecule has 0 spiro atoms. The number of imidazole rings is 1. The Kier molecular flexibility index (Phi) is 4.40. The largest absolute Gasteiger partial charge is 0.303 e. The van der Waals surface area contributed by atoms with Crippen molar-refractivity contribution in [1.82, 2.24) is 9.55 Å². The molecule has 0 bridgehead atoms. The fraction of sp³-hybridized carbons (Fsp3) is 0.167. The number of hydrogen-bond donors (Lipinski definition) is 1. The first-order valence-electron chi connectivity index (χ1n) is 7.60. The molecule has 0 amide bonds. The number of hydrogen-bond acceptors (Lipinski definition) is 3. The lowest BCUT2D eigenvalue weighted by molar-refractivity contribution is 0.607. The van der Waals surface area contributed by atoms with E-state index in [-0.39, 0.29) is 5.92 Å². The minimum absolute atomic E-state index is 0.118. The average Bonchev–Trinajstić information content (AvgIpc) is 3.03.